The maximum Gasteiger partial charge on any atom is 0.161 e. The highest BCUT2D eigenvalue weighted by atomic mass is 32.1. The molecular weight excluding hydrogens is 270 g/mol. The number of fused-ring (bicyclic) bond motifs is 1. The lowest BCUT2D eigenvalue weighted by Crippen LogP contribution is -2.22. The van der Waals surface area contributed by atoms with Gasteiger partial charge in [-0.25, -0.2) is 0 Å². The quantitative estimate of drug-likeness (QED) is 0.925. The van der Waals surface area contributed by atoms with Crippen molar-refractivity contribution >= 4 is 11.3 Å². The highest BCUT2D eigenvalue weighted by molar-refractivity contribution is 7.10. The summed E-state index contributed by atoms with van der Waals surface area (Å²) in [5.74, 6) is 1.70. The largest absolute Gasteiger partial charge is 0.486 e. The SMILES string of the molecule is CC(N[C@H](C)c1cccs1)c1ccc2c(c1)OCCO2. The van der Waals surface area contributed by atoms with E-state index in [1.54, 1.807) is 11.3 Å². The fraction of sp³-hybridized carbons (Fsp3) is 0.375. The van der Waals surface area contributed by atoms with Gasteiger partial charge in [-0.2, -0.15) is 0 Å². The topological polar surface area (TPSA) is 30.5 Å². The molecule has 1 aliphatic heterocycles. The van der Waals surface area contributed by atoms with Crippen LogP contribution in [0.15, 0.2) is 35.7 Å². The Morgan fingerprint density at radius 2 is 1.85 bits per heavy atom. The Hall–Kier alpha value is -1.52. The van der Waals surface area contributed by atoms with E-state index >= 15 is 0 Å². The Morgan fingerprint density at radius 1 is 1.05 bits per heavy atom. The van der Waals surface area contributed by atoms with Crippen molar-refractivity contribution in [3.63, 3.8) is 0 Å². The molecule has 2 aromatic rings. The molecule has 2 atom stereocenters. The van der Waals surface area contributed by atoms with Gasteiger partial charge in [0.1, 0.15) is 13.2 Å². The van der Waals surface area contributed by atoms with Crippen LogP contribution in [-0.4, -0.2) is 13.2 Å². The first-order valence-corrected chi connectivity index (χ1v) is 7.81. The minimum atomic E-state index is 0.267. The van der Waals surface area contributed by atoms with Crippen LogP contribution in [0.4, 0.5) is 0 Å². The van der Waals surface area contributed by atoms with Gasteiger partial charge in [0.2, 0.25) is 0 Å². The van der Waals surface area contributed by atoms with Crippen LogP contribution in [0.5, 0.6) is 11.5 Å². The summed E-state index contributed by atoms with van der Waals surface area (Å²) in [4.78, 5) is 1.36. The molecule has 0 spiro atoms. The van der Waals surface area contributed by atoms with Gasteiger partial charge in [-0.15, -0.1) is 11.3 Å². The molecule has 2 heterocycles. The van der Waals surface area contributed by atoms with E-state index in [1.807, 2.05) is 6.07 Å². The van der Waals surface area contributed by atoms with Crippen LogP contribution < -0.4 is 14.8 Å². The van der Waals surface area contributed by atoms with Crippen molar-refractivity contribution in [2.24, 2.45) is 0 Å². The smallest absolute Gasteiger partial charge is 0.161 e. The second kappa shape index (κ2) is 5.85. The maximum absolute atomic E-state index is 5.64. The number of ether oxygens (including phenoxy) is 2. The van der Waals surface area contributed by atoms with Crippen LogP contribution in [0.2, 0.25) is 0 Å². The van der Waals surface area contributed by atoms with E-state index in [9.17, 15) is 0 Å². The van der Waals surface area contributed by atoms with Crippen molar-refractivity contribution in [3.05, 3.63) is 46.2 Å². The van der Waals surface area contributed by atoms with E-state index in [0.29, 0.717) is 19.3 Å². The van der Waals surface area contributed by atoms with Crippen molar-refractivity contribution < 1.29 is 9.47 Å². The first kappa shape index (κ1) is 13.5. The Kier molecular flexibility index (Phi) is 3.94. The molecule has 1 aromatic heterocycles. The van der Waals surface area contributed by atoms with Crippen molar-refractivity contribution in [2.45, 2.75) is 25.9 Å². The van der Waals surface area contributed by atoms with E-state index in [2.05, 4.69) is 48.8 Å². The fourth-order valence-electron chi connectivity index (χ4n) is 2.42. The highest BCUT2D eigenvalue weighted by Crippen LogP contribution is 2.33. The minimum absolute atomic E-state index is 0.267. The maximum atomic E-state index is 5.64. The standard InChI is InChI=1S/C16H19NO2S/c1-11(17-12(2)16-4-3-9-20-16)13-5-6-14-15(10-13)19-8-7-18-14/h3-6,9-12,17H,7-8H2,1-2H3/t11?,12-/m1/s1. The third kappa shape index (κ3) is 2.81. The summed E-state index contributed by atoms with van der Waals surface area (Å²) in [6.07, 6.45) is 0. The van der Waals surface area contributed by atoms with Crippen LogP contribution in [0, 0.1) is 0 Å². The second-order valence-corrected chi connectivity index (χ2v) is 6.01. The number of benzene rings is 1. The number of hydrogen-bond acceptors (Lipinski definition) is 4. The molecule has 1 unspecified atom stereocenters. The summed E-state index contributed by atoms with van der Waals surface area (Å²) in [5.41, 5.74) is 1.22. The summed E-state index contributed by atoms with van der Waals surface area (Å²) in [6.45, 7) is 5.63. The molecule has 1 aromatic carbocycles. The zero-order chi connectivity index (χ0) is 13.9. The number of hydrogen-bond donors (Lipinski definition) is 1. The van der Waals surface area contributed by atoms with Gasteiger partial charge >= 0.3 is 0 Å². The fourth-order valence-corrected chi connectivity index (χ4v) is 3.16. The molecule has 0 amide bonds. The van der Waals surface area contributed by atoms with Crippen molar-refractivity contribution in [2.75, 3.05) is 13.2 Å². The number of nitrogens with one attached hydrogen (secondary N) is 1. The highest BCUT2D eigenvalue weighted by Gasteiger charge is 2.16. The third-order valence-electron chi connectivity index (χ3n) is 3.54. The number of rotatable bonds is 4. The van der Waals surface area contributed by atoms with Gasteiger partial charge in [0.15, 0.2) is 11.5 Å². The molecule has 0 saturated heterocycles. The van der Waals surface area contributed by atoms with Crippen molar-refractivity contribution in [1.82, 2.24) is 5.32 Å². The van der Waals surface area contributed by atoms with E-state index < -0.39 is 0 Å². The summed E-state index contributed by atoms with van der Waals surface area (Å²) in [5, 5.41) is 5.73. The summed E-state index contributed by atoms with van der Waals surface area (Å²) in [6, 6.07) is 11.0. The van der Waals surface area contributed by atoms with Crippen molar-refractivity contribution in [1.29, 1.82) is 0 Å². The van der Waals surface area contributed by atoms with Crippen LogP contribution in [0.25, 0.3) is 0 Å². The first-order valence-electron chi connectivity index (χ1n) is 6.93. The normalized spacial score (nSPS) is 16.7. The van der Waals surface area contributed by atoms with Gasteiger partial charge in [0.25, 0.3) is 0 Å². The van der Waals surface area contributed by atoms with Gasteiger partial charge in [0.05, 0.1) is 0 Å². The Labute approximate surface area is 123 Å². The molecule has 0 bridgehead atoms. The summed E-state index contributed by atoms with van der Waals surface area (Å²) in [7, 11) is 0. The second-order valence-electron chi connectivity index (χ2n) is 5.03. The lowest BCUT2D eigenvalue weighted by Gasteiger charge is -2.23. The molecule has 0 radical (unpaired) electrons. The molecule has 1 aliphatic rings. The molecule has 106 valence electrons. The molecule has 20 heavy (non-hydrogen) atoms. The van der Waals surface area contributed by atoms with Gasteiger partial charge in [-0.3, -0.25) is 0 Å². The summed E-state index contributed by atoms with van der Waals surface area (Å²) >= 11 is 1.78. The zero-order valence-corrected chi connectivity index (χ0v) is 12.6. The monoisotopic (exact) mass is 289 g/mol. The summed E-state index contributed by atoms with van der Waals surface area (Å²) < 4.78 is 11.2. The van der Waals surface area contributed by atoms with E-state index in [-0.39, 0.29) is 6.04 Å². The van der Waals surface area contributed by atoms with E-state index in [4.69, 9.17) is 9.47 Å². The van der Waals surface area contributed by atoms with Crippen LogP contribution in [0.1, 0.15) is 36.4 Å². The predicted octanol–water partition coefficient (Wildman–Crippen LogP) is 3.93. The Bertz CT molecular complexity index is 568. The lowest BCUT2D eigenvalue weighted by molar-refractivity contribution is 0.171. The lowest BCUT2D eigenvalue weighted by atomic mass is 10.1. The molecule has 0 saturated carbocycles. The third-order valence-corrected chi connectivity index (χ3v) is 4.59. The van der Waals surface area contributed by atoms with Crippen LogP contribution in [0.3, 0.4) is 0 Å². The molecule has 3 rings (SSSR count). The van der Waals surface area contributed by atoms with Crippen LogP contribution in [-0.2, 0) is 0 Å². The molecule has 0 fully saturated rings. The molecular formula is C16H19NO2S. The average Bonchev–Trinajstić information content (AvgIpc) is 3.01. The van der Waals surface area contributed by atoms with Gasteiger partial charge < -0.3 is 14.8 Å². The molecule has 4 heteroatoms. The van der Waals surface area contributed by atoms with Crippen molar-refractivity contribution in [3.8, 4) is 11.5 Å². The number of thiophene rings is 1. The predicted molar refractivity (Wildman–Crippen MR) is 81.7 cm³/mol. The van der Waals surface area contributed by atoms with Crippen LogP contribution >= 0.6 is 11.3 Å². The minimum Gasteiger partial charge on any atom is -0.486 e. The zero-order valence-electron chi connectivity index (χ0n) is 11.8. The van der Waals surface area contributed by atoms with Gasteiger partial charge in [0, 0.05) is 17.0 Å². The molecule has 0 aliphatic carbocycles. The Balaban J connectivity index is 1.72. The van der Waals surface area contributed by atoms with E-state index in [1.165, 1.54) is 10.4 Å². The first-order chi connectivity index (χ1) is 9.74. The van der Waals surface area contributed by atoms with Gasteiger partial charge in [-0.05, 0) is 43.0 Å². The molecule has 3 nitrogen and oxygen atoms in total. The van der Waals surface area contributed by atoms with E-state index in [0.717, 1.165) is 11.5 Å². The van der Waals surface area contributed by atoms with Gasteiger partial charge in [-0.1, -0.05) is 12.1 Å². The average molecular weight is 289 g/mol. The molecule has 1 N–H and O–H groups in total. The Morgan fingerprint density at radius 3 is 2.60 bits per heavy atom.